The van der Waals surface area contributed by atoms with E-state index in [1.54, 1.807) is 36.5 Å². The second-order valence-electron chi connectivity index (χ2n) is 6.71. The maximum atomic E-state index is 12.9. The van der Waals surface area contributed by atoms with Crippen LogP contribution in [0.3, 0.4) is 0 Å². The van der Waals surface area contributed by atoms with Gasteiger partial charge < -0.3 is 4.90 Å². The number of hydrogen-bond acceptors (Lipinski definition) is 4. The van der Waals surface area contributed by atoms with Gasteiger partial charge in [0, 0.05) is 44.1 Å². The van der Waals surface area contributed by atoms with Crippen molar-refractivity contribution in [2.24, 2.45) is 5.92 Å². The molecular formula is C19H22ClN3O3S. The molecule has 0 bridgehead atoms. The Morgan fingerprint density at radius 3 is 2.70 bits per heavy atom. The average molecular weight is 408 g/mol. The minimum absolute atomic E-state index is 0.0464. The number of benzene rings is 1. The van der Waals surface area contributed by atoms with E-state index < -0.39 is 10.0 Å². The molecule has 1 saturated heterocycles. The van der Waals surface area contributed by atoms with Crippen LogP contribution in [0.25, 0.3) is 0 Å². The minimum atomic E-state index is -3.64. The van der Waals surface area contributed by atoms with Crippen LogP contribution in [0.2, 0.25) is 5.02 Å². The Kier molecular flexibility index (Phi) is 6.14. The monoisotopic (exact) mass is 407 g/mol. The SMILES string of the molecule is CN(Cc1cccnc1)C(=O)C1CCCN(S(=O)(=O)c2ccc(Cl)cc2)C1. The fourth-order valence-corrected chi connectivity index (χ4v) is 4.92. The Balaban J connectivity index is 1.69. The van der Waals surface area contributed by atoms with Crippen LogP contribution in [-0.2, 0) is 21.4 Å². The Morgan fingerprint density at radius 2 is 2.04 bits per heavy atom. The standard InChI is InChI=1S/C19H22ClN3O3S/c1-22(13-15-4-2-10-21-12-15)19(24)16-5-3-11-23(14-16)27(25,26)18-8-6-17(20)7-9-18/h2,4,6-10,12,16H,3,5,11,13-14H2,1H3. The van der Waals surface area contributed by atoms with E-state index in [1.807, 2.05) is 12.1 Å². The highest BCUT2D eigenvalue weighted by atomic mass is 35.5. The molecule has 0 aliphatic carbocycles. The van der Waals surface area contributed by atoms with E-state index in [0.717, 1.165) is 5.56 Å². The number of carbonyl (C=O) groups is 1. The van der Waals surface area contributed by atoms with Gasteiger partial charge in [-0.3, -0.25) is 9.78 Å². The van der Waals surface area contributed by atoms with Crippen LogP contribution in [0.4, 0.5) is 0 Å². The zero-order valence-corrected chi connectivity index (χ0v) is 16.7. The summed E-state index contributed by atoms with van der Waals surface area (Å²) in [5.74, 6) is -0.391. The van der Waals surface area contributed by atoms with Crippen molar-refractivity contribution in [3.8, 4) is 0 Å². The van der Waals surface area contributed by atoms with Gasteiger partial charge in [0.15, 0.2) is 0 Å². The number of carbonyl (C=O) groups excluding carboxylic acids is 1. The van der Waals surface area contributed by atoms with Gasteiger partial charge in [-0.05, 0) is 48.7 Å². The van der Waals surface area contributed by atoms with Gasteiger partial charge in [0.2, 0.25) is 15.9 Å². The van der Waals surface area contributed by atoms with Crippen LogP contribution in [-0.4, -0.2) is 48.7 Å². The molecule has 1 aromatic heterocycles. The van der Waals surface area contributed by atoms with Gasteiger partial charge in [-0.2, -0.15) is 4.31 Å². The first-order chi connectivity index (χ1) is 12.9. The summed E-state index contributed by atoms with van der Waals surface area (Å²) in [6, 6.07) is 9.85. The van der Waals surface area contributed by atoms with Gasteiger partial charge >= 0.3 is 0 Å². The molecule has 1 fully saturated rings. The molecule has 3 rings (SSSR count). The number of halogens is 1. The number of hydrogen-bond donors (Lipinski definition) is 0. The fourth-order valence-electron chi connectivity index (χ4n) is 3.27. The lowest BCUT2D eigenvalue weighted by Crippen LogP contribution is -2.45. The second-order valence-corrected chi connectivity index (χ2v) is 9.09. The Bertz CT molecular complexity index is 888. The first-order valence-corrected chi connectivity index (χ1v) is 10.6. The predicted molar refractivity (Wildman–Crippen MR) is 104 cm³/mol. The summed E-state index contributed by atoms with van der Waals surface area (Å²) < 4.78 is 27.2. The van der Waals surface area contributed by atoms with Gasteiger partial charge in [-0.15, -0.1) is 0 Å². The van der Waals surface area contributed by atoms with Crippen LogP contribution in [0.5, 0.6) is 0 Å². The lowest BCUT2D eigenvalue weighted by molar-refractivity contribution is -0.135. The van der Waals surface area contributed by atoms with Crippen molar-refractivity contribution in [3.63, 3.8) is 0 Å². The van der Waals surface area contributed by atoms with Crippen LogP contribution in [0, 0.1) is 5.92 Å². The number of sulfonamides is 1. The van der Waals surface area contributed by atoms with Crippen molar-refractivity contribution in [1.29, 1.82) is 0 Å². The number of piperidine rings is 1. The molecule has 6 nitrogen and oxygen atoms in total. The predicted octanol–water partition coefficient (Wildman–Crippen LogP) is 2.79. The molecule has 0 radical (unpaired) electrons. The summed E-state index contributed by atoms with van der Waals surface area (Å²) in [5.41, 5.74) is 0.940. The summed E-state index contributed by atoms with van der Waals surface area (Å²) in [5, 5.41) is 0.484. The molecule has 2 aromatic rings. The minimum Gasteiger partial charge on any atom is -0.341 e. The van der Waals surface area contributed by atoms with Gasteiger partial charge in [0.05, 0.1) is 10.8 Å². The Hall–Kier alpha value is -1.96. The van der Waals surface area contributed by atoms with Gasteiger partial charge in [0.1, 0.15) is 0 Å². The smallest absolute Gasteiger partial charge is 0.243 e. The largest absolute Gasteiger partial charge is 0.341 e. The maximum absolute atomic E-state index is 12.9. The molecule has 8 heteroatoms. The van der Waals surface area contributed by atoms with E-state index in [4.69, 9.17) is 11.6 Å². The lowest BCUT2D eigenvalue weighted by atomic mass is 9.98. The molecule has 27 heavy (non-hydrogen) atoms. The molecule has 0 N–H and O–H groups in total. The van der Waals surface area contributed by atoms with Crippen LogP contribution >= 0.6 is 11.6 Å². The van der Waals surface area contributed by atoms with Crippen molar-refractivity contribution in [1.82, 2.24) is 14.2 Å². The maximum Gasteiger partial charge on any atom is 0.243 e. The zero-order valence-electron chi connectivity index (χ0n) is 15.1. The molecule has 1 aliphatic rings. The van der Waals surface area contributed by atoms with Crippen molar-refractivity contribution >= 4 is 27.5 Å². The number of nitrogens with zero attached hydrogens (tertiary/aromatic N) is 3. The third-order valence-corrected chi connectivity index (χ3v) is 6.83. The van der Waals surface area contributed by atoms with Crippen LogP contribution < -0.4 is 0 Å². The first-order valence-electron chi connectivity index (χ1n) is 8.77. The summed E-state index contributed by atoms with van der Waals surface area (Å²) in [4.78, 5) is 18.7. The van der Waals surface area contributed by atoms with E-state index in [0.29, 0.717) is 31.0 Å². The summed E-state index contributed by atoms with van der Waals surface area (Å²) in [6.45, 7) is 1.06. The number of pyridine rings is 1. The highest BCUT2D eigenvalue weighted by Gasteiger charge is 2.34. The third kappa shape index (κ3) is 4.66. The molecule has 1 amide bonds. The average Bonchev–Trinajstić information content (AvgIpc) is 2.68. The molecule has 0 spiro atoms. The van der Waals surface area contributed by atoms with Crippen molar-refractivity contribution < 1.29 is 13.2 Å². The molecule has 1 atom stereocenters. The molecule has 2 heterocycles. The Morgan fingerprint density at radius 1 is 1.30 bits per heavy atom. The van der Waals surface area contributed by atoms with Crippen LogP contribution in [0.1, 0.15) is 18.4 Å². The van der Waals surface area contributed by atoms with E-state index in [2.05, 4.69) is 4.98 Å². The molecule has 1 unspecified atom stereocenters. The van der Waals surface area contributed by atoms with Gasteiger partial charge in [0.25, 0.3) is 0 Å². The summed E-state index contributed by atoms with van der Waals surface area (Å²) in [6.07, 6.45) is 4.75. The zero-order chi connectivity index (χ0) is 19.4. The van der Waals surface area contributed by atoms with Crippen molar-refractivity contribution in [2.45, 2.75) is 24.3 Å². The molecular weight excluding hydrogens is 386 g/mol. The van der Waals surface area contributed by atoms with E-state index in [-0.39, 0.29) is 23.3 Å². The number of aromatic nitrogens is 1. The van der Waals surface area contributed by atoms with Gasteiger partial charge in [-0.1, -0.05) is 17.7 Å². The molecule has 0 saturated carbocycles. The number of amides is 1. The van der Waals surface area contributed by atoms with Gasteiger partial charge in [-0.25, -0.2) is 8.42 Å². The van der Waals surface area contributed by atoms with E-state index in [9.17, 15) is 13.2 Å². The highest BCUT2D eigenvalue weighted by Crippen LogP contribution is 2.26. The highest BCUT2D eigenvalue weighted by molar-refractivity contribution is 7.89. The van der Waals surface area contributed by atoms with Crippen LogP contribution in [0.15, 0.2) is 53.7 Å². The van der Waals surface area contributed by atoms with E-state index in [1.165, 1.54) is 16.4 Å². The van der Waals surface area contributed by atoms with Crippen molar-refractivity contribution in [3.05, 3.63) is 59.4 Å². The number of rotatable bonds is 5. The van der Waals surface area contributed by atoms with Crippen molar-refractivity contribution in [2.75, 3.05) is 20.1 Å². The quantitative estimate of drug-likeness (QED) is 0.764. The topological polar surface area (TPSA) is 70.6 Å². The lowest BCUT2D eigenvalue weighted by Gasteiger charge is -2.33. The second kappa shape index (κ2) is 8.37. The fraction of sp³-hybridized carbons (Fsp3) is 0.368. The molecule has 144 valence electrons. The molecule has 1 aliphatic heterocycles. The summed E-state index contributed by atoms with van der Waals surface area (Å²) in [7, 11) is -1.90. The Labute approximate surface area is 164 Å². The normalized spacial score (nSPS) is 18.2. The molecule has 1 aromatic carbocycles. The third-order valence-electron chi connectivity index (χ3n) is 4.70. The van der Waals surface area contributed by atoms with E-state index >= 15 is 0 Å². The summed E-state index contributed by atoms with van der Waals surface area (Å²) >= 11 is 5.85. The first kappa shape index (κ1) is 19.8.